The molecule has 3 N–H and O–H groups in total. The van der Waals surface area contributed by atoms with Crippen LogP contribution in [0.4, 0.5) is 16.2 Å². The van der Waals surface area contributed by atoms with Gasteiger partial charge in [0.15, 0.2) is 0 Å². The molecule has 0 atom stereocenters. The van der Waals surface area contributed by atoms with E-state index in [0.717, 1.165) is 10.9 Å². The Bertz CT molecular complexity index is 892. The quantitative estimate of drug-likeness (QED) is 0.652. The largest absolute Gasteiger partial charge is 0.495 e. The van der Waals surface area contributed by atoms with Gasteiger partial charge in [-0.15, -0.1) is 0 Å². The number of aromatic amines is 1. The third-order valence-electron chi connectivity index (χ3n) is 3.53. The number of anilines is 2. The van der Waals surface area contributed by atoms with Crippen molar-refractivity contribution in [1.82, 2.24) is 4.98 Å². The van der Waals surface area contributed by atoms with Crippen LogP contribution in [0.3, 0.4) is 0 Å². The summed E-state index contributed by atoms with van der Waals surface area (Å²) >= 11 is 6.10. The number of methoxy groups -OCH3 is 2. The molecule has 0 radical (unpaired) electrons. The fourth-order valence-electron chi connectivity index (χ4n) is 2.37. The van der Waals surface area contributed by atoms with Gasteiger partial charge >= 0.3 is 6.03 Å². The number of rotatable bonds is 4. The molecule has 0 saturated carbocycles. The fraction of sp³-hybridized carbons (Fsp3) is 0.118. The smallest absolute Gasteiger partial charge is 0.323 e. The Morgan fingerprint density at radius 3 is 2.58 bits per heavy atom. The minimum Gasteiger partial charge on any atom is -0.495 e. The Balaban J connectivity index is 1.77. The number of carbonyl (C=O) groups excluding carboxylic acids is 1. The molecule has 0 fully saturated rings. The molecule has 124 valence electrons. The van der Waals surface area contributed by atoms with E-state index in [-0.39, 0.29) is 0 Å². The van der Waals surface area contributed by atoms with Gasteiger partial charge in [-0.25, -0.2) is 4.79 Å². The van der Waals surface area contributed by atoms with Gasteiger partial charge in [0.1, 0.15) is 11.5 Å². The number of H-pyrrole nitrogens is 1. The Morgan fingerprint density at radius 1 is 1.04 bits per heavy atom. The lowest BCUT2D eigenvalue weighted by molar-refractivity contribution is 0.262. The number of ether oxygens (including phenoxy) is 2. The third kappa shape index (κ3) is 3.23. The molecule has 2 amide bonds. The molecule has 0 aliphatic carbocycles. The Kier molecular flexibility index (Phi) is 4.48. The third-order valence-corrected chi connectivity index (χ3v) is 3.83. The number of hydrogen-bond donors (Lipinski definition) is 3. The van der Waals surface area contributed by atoms with Gasteiger partial charge in [-0.3, -0.25) is 0 Å². The first kappa shape index (κ1) is 16.0. The number of fused-ring (bicyclic) bond motifs is 1. The summed E-state index contributed by atoms with van der Waals surface area (Å²) in [6.45, 7) is 0. The van der Waals surface area contributed by atoms with E-state index in [2.05, 4.69) is 15.6 Å². The molecule has 0 aliphatic rings. The van der Waals surface area contributed by atoms with Crippen molar-refractivity contribution in [2.75, 3.05) is 24.9 Å². The van der Waals surface area contributed by atoms with E-state index in [0.29, 0.717) is 27.9 Å². The Morgan fingerprint density at radius 2 is 1.83 bits per heavy atom. The van der Waals surface area contributed by atoms with Gasteiger partial charge in [0.05, 0.1) is 24.9 Å². The van der Waals surface area contributed by atoms with Crippen LogP contribution in [-0.4, -0.2) is 25.2 Å². The van der Waals surface area contributed by atoms with Gasteiger partial charge in [-0.1, -0.05) is 11.6 Å². The summed E-state index contributed by atoms with van der Waals surface area (Å²) in [7, 11) is 3.02. The van der Waals surface area contributed by atoms with E-state index in [4.69, 9.17) is 21.1 Å². The van der Waals surface area contributed by atoms with E-state index >= 15 is 0 Å². The van der Waals surface area contributed by atoms with Gasteiger partial charge in [0, 0.05) is 28.9 Å². The molecule has 0 aliphatic heterocycles. The maximum Gasteiger partial charge on any atom is 0.323 e. The van der Waals surface area contributed by atoms with E-state index in [1.54, 1.807) is 12.1 Å². The topological polar surface area (TPSA) is 75.4 Å². The fourth-order valence-corrected chi connectivity index (χ4v) is 2.61. The van der Waals surface area contributed by atoms with E-state index in [1.807, 2.05) is 30.5 Å². The maximum atomic E-state index is 12.2. The predicted molar refractivity (Wildman–Crippen MR) is 95.5 cm³/mol. The second kappa shape index (κ2) is 6.72. The van der Waals surface area contributed by atoms with Crippen LogP contribution in [0.15, 0.2) is 42.6 Å². The Hall–Kier alpha value is -2.86. The molecular formula is C17H16ClN3O3. The highest BCUT2D eigenvalue weighted by molar-refractivity contribution is 6.32. The van der Waals surface area contributed by atoms with Crippen molar-refractivity contribution in [2.45, 2.75) is 0 Å². The van der Waals surface area contributed by atoms with Crippen molar-refractivity contribution in [3.63, 3.8) is 0 Å². The number of halogens is 1. The molecule has 1 heterocycles. The second-order valence-corrected chi connectivity index (χ2v) is 5.45. The average Bonchev–Trinajstić information content (AvgIpc) is 3.02. The minimum absolute atomic E-state index is 0.377. The lowest BCUT2D eigenvalue weighted by Crippen LogP contribution is -2.19. The van der Waals surface area contributed by atoms with Crippen molar-refractivity contribution in [3.8, 4) is 11.5 Å². The minimum atomic E-state index is -0.399. The maximum absolute atomic E-state index is 12.2. The van der Waals surface area contributed by atoms with Crippen molar-refractivity contribution in [1.29, 1.82) is 0 Å². The van der Waals surface area contributed by atoms with Crippen molar-refractivity contribution in [3.05, 3.63) is 47.6 Å². The standard InChI is InChI=1S/C17H16ClN3O3/c1-23-15-9-16(24-2)14(8-12(15)18)21-17(22)20-11-3-4-13-10(7-11)5-6-19-13/h3-9,19H,1-2H3,(H2,20,21,22). The number of urea groups is 1. The summed E-state index contributed by atoms with van der Waals surface area (Å²) in [5.74, 6) is 0.921. The van der Waals surface area contributed by atoms with Crippen LogP contribution < -0.4 is 20.1 Å². The zero-order valence-corrected chi connectivity index (χ0v) is 13.9. The molecule has 0 spiro atoms. The van der Waals surface area contributed by atoms with Gasteiger partial charge in [-0.2, -0.15) is 0 Å². The first-order valence-corrected chi connectivity index (χ1v) is 7.55. The number of aromatic nitrogens is 1. The van der Waals surface area contributed by atoms with Crippen LogP contribution in [0, 0.1) is 0 Å². The zero-order chi connectivity index (χ0) is 17.1. The summed E-state index contributed by atoms with van der Waals surface area (Å²) in [5, 5.41) is 6.89. The number of benzene rings is 2. The highest BCUT2D eigenvalue weighted by Gasteiger charge is 2.12. The van der Waals surface area contributed by atoms with Crippen LogP contribution in [0.5, 0.6) is 11.5 Å². The van der Waals surface area contributed by atoms with Crippen molar-refractivity contribution >= 4 is 39.9 Å². The summed E-state index contributed by atoms with van der Waals surface area (Å²) in [6.07, 6.45) is 1.85. The molecule has 7 heteroatoms. The molecule has 0 unspecified atom stereocenters. The first-order valence-electron chi connectivity index (χ1n) is 7.17. The molecule has 24 heavy (non-hydrogen) atoms. The van der Waals surface area contributed by atoms with Gasteiger partial charge < -0.3 is 25.1 Å². The van der Waals surface area contributed by atoms with Crippen LogP contribution >= 0.6 is 11.6 Å². The molecule has 2 aromatic carbocycles. The van der Waals surface area contributed by atoms with Crippen LogP contribution in [0.25, 0.3) is 10.9 Å². The molecule has 1 aromatic heterocycles. The SMILES string of the molecule is COc1cc(OC)c(NC(=O)Nc2ccc3[nH]ccc3c2)cc1Cl. The molecule has 0 bridgehead atoms. The van der Waals surface area contributed by atoms with E-state index in [1.165, 1.54) is 14.2 Å². The summed E-state index contributed by atoms with van der Waals surface area (Å²) in [6, 6.07) is 10.3. The first-order chi connectivity index (χ1) is 11.6. The highest BCUT2D eigenvalue weighted by atomic mass is 35.5. The zero-order valence-electron chi connectivity index (χ0n) is 13.1. The summed E-state index contributed by atoms with van der Waals surface area (Å²) < 4.78 is 10.4. The molecule has 0 saturated heterocycles. The van der Waals surface area contributed by atoms with Crippen molar-refractivity contribution < 1.29 is 14.3 Å². The predicted octanol–water partition coefficient (Wildman–Crippen LogP) is 4.48. The Labute approximate surface area is 143 Å². The summed E-state index contributed by atoms with van der Waals surface area (Å²) in [4.78, 5) is 15.3. The van der Waals surface area contributed by atoms with Gasteiger partial charge in [-0.05, 0) is 30.3 Å². The molecule has 6 nitrogen and oxygen atoms in total. The molecular weight excluding hydrogens is 330 g/mol. The number of carbonyl (C=O) groups is 1. The normalized spacial score (nSPS) is 10.5. The lowest BCUT2D eigenvalue weighted by Gasteiger charge is -2.13. The number of nitrogens with one attached hydrogen (secondary N) is 3. The van der Waals surface area contributed by atoms with Crippen LogP contribution in [-0.2, 0) is 0 Å². The van der Waals surface area contributed by atoms with Gasteiger partial charge in [0.2, 0.25) is 0 Å². The summed E-state index contributed by atoms with van der Waals surface area (Å²) in [5.41, 5.74) is 2.13. The monoisotopic (exact) mass is 345 g/mol. The average molecular weight is 346 g/mol. The van der Waals surface area contributed by atoms with Crippen molar-refractivity contribution in [2.24, 2.45) is 0 Å². The number of hydrogen-bond acceptors (Lipinski definition) is 3. The highest BCUT2D eigenvalue weighted by Crippen LogP contribution is 2.35. The second-order valence-electron chi connectivity index (χ2n) is 5.05. The molecule has 3 aromatic rings. The lowest BCUT2D eigenvalue weighted by atomic mass is 10.2. The number of amides is 2. The molecule has 3 rings (SSSR count). The van der Waals surface area contributed by atoms with Crippen LogP contribution in [0.1, 0.15) is 0 Å². The van der Waals surface area contributed by atoms with Crippen LogP contribution in [0.2, 0.25) is 5.02 Å². The van der Waals surface area contributed by atoms with E-state index < -0.39 is 6.03 Å². The van der Waals surface area contributed by atoms with E-state index in [9.17, 15) is 4.79 Å². The van der Waals surface area contributed by atoms with Gasteiger partial charge in [0.25, 0.3) is 0 Å².